The fraction of sp³-hybridized carbons (Fsp3) is 0.200. The van der Waals surface area contributed by atoms with E-state index in [0.717, 1.165) is 21.2 Å². The number of allylic oxidation sites excluding steroid dienone is 4. The van der Waals surface area contributed by atoms with Crippen molar-refractivity contribution in [2.75, 3.05) is 0 Å². The van der Waals surface area contributed by atoms with Crippen molar-refractivity contribution in [2.45, 2.75) is 40.2 Å². The van der Waals surface area contributed by atoms with Gasteiger partial charge >= 0.3 is 5.97 Å². The van der Waals surface area contributed by atoms with Crippen molar-refractivity contribution in [1.29, 1.82) is 0 Å². The Hall–Kier alpha value is -4.04. The first-order valence-electron chi connectivity index (χ1n) is 11.7. The molecule has 0 radical (unpaired) electrons. The lowest BCUT2D eigenvalue weighted by molar-refractivity contribution is -0.141. The molecule has 0 saturated heterocycles. The van der Waals surface area contributed by atoms with Gasteiger partial charge in [0.1, 0.15) is 12.8 Å². The normalized spacial score (nSPS) is 10.7. The monoisotopic (exact) mass is 584 g/mol. The Morgan fingerprint density at radius 2 is 1.55 bits per heavy atom. The van der Waals surface area contributed by atoms with E-state index in [1.54, 1.807) is 36.4 Å². The summed E-state index contributed by atoms with van der Waals surface area (Å²) in [5.41, 5.74) is 3.71. The van der Waals surface area contributed by atoms with E-state index >= 15 is 0 Å². The number of aryl methyl sites for hydroxylation is 1. The van der Waals surface area contributed by atoms with Crippen molar-refractivity contribution in [2.24, 2.45) is 0 Å². The molecule has 2 aromatic carbocycles. The summed E-state index contributed by atoms with van der Waals surface area (Å²) < 4.78 is 0.803. The molecule has 204 valence electrons. The summed E-state index contributed by atoms with van der Waals surface area (Å²) in [4.78, 5) is 44.3. The molecule has 3 N–H and O–H groups in total. The van der Waals surface area contributed by atoms with Gasteiger partial charge in [-0.05, 0) is 54.8 Å². The van der Waals surface area contributed by atoms with Gasteiger partial charge in [0, 0.05) is 15.7 Å². The highest BCUT2D eigenvalue weighted by atomic mass is 79.9. The summed E-state index contributed by atoms with van der Waals surface area (Å²) in [6.45, 7) is 19.5. The van der Waals surface area contributed by atoms with Crippen LogP contribution in [0.2, 0.25) is 0 Å². The number of aliphatic carboxylic acids is 1. The Bertz CT molecular complexity index is 1110. The zero-order valence-corrected chi connectivity index (χ0v) is 24.0. The summed E-state index contributed by atoms with van der Waals surface area (Å²) in [6.07, 6.45) is 4.65. The Morgan fingerprint density at radius 3 is 2.05 bits per heavy atom. The van der Waals surface area contributed by atoms with Gasteiger partial charge in [0.05, 0.1) is 6.42 Å². The number of carboxylic acids is 1. The van der Waals surface area contributed by atoms with E-state index in [9.17, 15) is 19.5 Å². The standard InChI is InChI=1S/C25H25BrN2O4.C2H6.C2H4.CH2O/c1-4-20(26)14-9-17(3)27-23(29)15-22(25(31)32)28-24(30)19-12-10-18(11-13-19)21-8-6-5-7-16(21)2;3*1-2/h4-14,22H,3,15H2,1-2H3,(H,27,29)(H,28,30)(H,31,32);1-2H3;1-2H2;1H2/b14-9-,20-4+;;;. The summed E-state index contributed by atoms with van der Waals surface area (Å²) in [7, 11) is 0. The number of halogens is 1. The number of carbonyl (C=O) groups is 4. The molecular formula is C30H37BrN2O5. The Kier molecular flexibility index (Phi) is 20.0. The van der Waals surface area contributed by atoms with E-state index in [4.69, 9.17) is 4.79 Å². The third-order valence-corrected chi connectivity index (χ3v) is 5.34. The van der Waals surface area contributed by atoms with Gasteiger partial charge < -0.3 is 20.5 Å². The number of amides is 2. The third kappa shape index (κ3) is 13.3. The average Bonchev–Trinajstić information content (AvgIpc) is 2.94. The van der Waals surface area contributed by atoms with Crippen LogP contribution in [0, 0.1) is 6.92 Å². The fourth-order valence-corrected chi connectivity index (χ4v) is 3.01. The Morgan fingerprint density at radius 1 is 1.00 bits per heavy atom. The molecule has 0 aromatic heterocycles. The highest BCUT2D eigenvalue weighted by Gasteiger charge is 2.24. The first-order valence-corrected chi connectivity index (χ1v) is 12.5. The highest BCUT2D eigenvalue weighted by molar-refractivity contribution is 9.11. The van der Waals surface area contributed by atoms with E-state index in [1.165, 1.54) is 0 Å². The van der Waals surface area contributed by atoms with E-state index in [0.29, 0.717) is 11.3 Å². The molecule has 2 aromatic rings. The lowest BCUT2D eigenvalue weighted by Gasteiger charge is -2.15. The van der Waals surface area contributed by atoms with Gasteiger partial charge in [-0.25, -0.2) is 4.79 Å². The van der Waals surface area contributed by atoms with Crippen molar-refractivity contribution in [3.05, 3.63) is 108 Å². The maximum absolute atomic E-state index is 12.5. The van der Waals surface area contributed by atoms with Crippen LogP contribution >= 0.6 is 15.9 Å². The molecule has 38 heavy (non-hydrogen) atoms. The summed E-state index contributed by atoms with van der Waals surface area (Å²) in [6, 6.07) is 13.4. The second-order valence-corrected chi connectivity index (χ2v) is 7.96. The zero-order chi connectivity index (χ0) is 29.7. The Labute approximate surface area is 234 Å². The van der Waals surface area contributed by atoms with Gasteiger partial charge in [0.25, 0.3) is 5.91 Å². The minimum absolute atomic E-state index is 0.302. The molecule has 7 nitrogen and oxygen atoms in total. The first-order chi connectivity index (χ1) is 18.2. The maximum atomic E-state index is 12.5. The lowest BCUT2D eigenvalue weighted by atomic mass is 9.99. The number of nitrogens with one attached hydrogen (secondary N) is 2. The van der Waals surface area contributed by atoms with Crippen molar-refractivity contribution in [1.82, 2.24) is 10.6 Å². The second kappa shape index (κ2) is 21.1. The van der Waals surface area contributed by atoms with E-state index in [1.807, 2.05) is 64.8 Å². The molecule has 0 aliphatic carbocycles. The van der Waals surface area contributed by atoms with Crippen LogP contribution < -0.4 is 10.6 Å². The average molecular weight is 586 g/mol. The van der Waals surface area contributed by atoms with Gasteiger partial charge in [-0.1, -0.05) is 78.8 Å². The summed E-state index contributed by atoms with van der Waals surface area (Å²) in [5, 5.41) is 14.3. The second-order valence-electron chi connectivity index (χ2n) is 7.04. The van der Waals surface area contributed by atoms with Crippen molar-refractivity contribution < 1.29 is 24.3 Å². The number of rotatable bonds is 9. The molecule has 0 fully saturated rings. The molecule has 0 bridgehead atoms. The SMILES string of the molecule is C=C.C=C(/C=C\C(Br)=C/C)NC(=O)CC(NC(=O)c1ccc(-c2ccccc2C)cc1)C(=O)O.C=O.CC. The van der Waals surface area contributed by atoms with E-state index in [2.05, 4.69) is 46.3 Å². The van der Waals surface area contributed by atoms with E-state index in [-0.39, 0.29) is 0 Å². The molecular weight excluding hydrogens is 548 g/mol. The fourth-order valence-electron chi connectivity index (χ4n) is 2.87. The molecule has 8 heteroatoms. The maximum Gasteiger partial charge on any atom is 0.326 e. The summed E-state index contributed by atoms with van der Waals surface area (Å²) in [5.74, 6) is -2.45. The van der Waals surface area contributed by atoms with Crippen LogP contribution in [0.5, 0.6) is 0 Å². The zero-order valence-electron chi connectivity index (χ0n) is 22.4. The smallest absolute Gasteiger partial charge is 0.326 e. The number of hydrogen-bond donors (Lipinski definition) is 3. The predicted octanol–water partition coefficient (Wildman–Crippen LogP) is 6.36. The molecule has 0 aliphatic heterocycles. The molecule has 0 spiro atoms. The molecule has 1 atom stereocenters. The van der Waals surface area contributed by atoms with Gasteiger partial charge in [0.2, 0.25) is 5.91 Å². The molecule has 1 unspecified atom stereocenters. The molecule has 0 saturated carbocycles. The molecule has 0 heterocycles. The highest BCUT2D eigenvalue weighted by Crippen LogP contribution is 2.23. The van der Waals surface area contributed by atoms with Crippen LogP contribution in [0.25, 0.3) is 11.1 Å². The van der Waals surface area contributed by atoms with Crippen LogP contribution in [0.1, 0.15) is 43.1 Å². The van der Waals surface area contributed by atoms with Crippen LogP contribution in [0.15, 0.2) is 96.7 Å². The number of carboxylic acid groups (broad SMARTS) is 1. The predicted molar refractivity (Wildman–Crippen MR) is 159 cm³/mol. The number of carbonyl (C=O) groups excluding carboxylic acids is 3. The summed E-state index contributed by atoms with van der Waals surface area (Å²) >= 11 is 3.30. The molecule has 0 aliphatic rings. The topological polar surface area (TPSA) is 113 Å². The lowest BCUT2D eigenvalue weighted by Crippen LogP contribution is -2.44. The van der Waals surface area contributed by atoms with Crippen molar-refractivity contribution in [3.63, 3.8) is 0 Å². The minimum Gasteiger partial charge on any atom is -0.480 e. The van der Waals surface area contributed by atoms with Crippen LogP contribution in [-0.4, -0.2) is 35.7 Å². The first kappa shape index (κ1) is 36.1. The number of benzene rings is 2. The minimum atomic E-state index is -1.38. The molecule has 2 amide bonds. The van der Waals surface area contributed by atoms with Crippen LogP contribution in [0.3, 0.4) is 0 Å². The Balaban J connectivity index is 0. The van der Waals surface area contributed by atoms with Crippen molar-refractivity contribution >= 4 is 40.5 Å². The van der Waals surface area contributed by atoms with E-state index < -0.39 is 30.2 Å². The number of hydrogen-bond acceptors (Lipinski definition) is 4. The third-order valence-electron chi connectivity index (χ3n) is 4.62. The van der Waals surface area contributed by atoms with Gasteiger partial charge in [-0.15, -0.1) is 13.2 Å². The van der Waals surface area contributed by atoms with Gasteiger partial charge in [-0.3, -0.25) is 9.59 Å². The quantitative estimate of drug-likeness (QED) is 0.234. The van der Waals surface area contributed by atoms with Crippen LogP contribution in [0.4, 0.5) is 0 Å². The van der Waals surface area contributed by atoms with Crippen molar-refractivity contribution in [3.8, 4) is 11.1 Å². The van der Waals surface area contributed by atoms with Crippen LogP contribution in [-0.2, 0) is 14.4 Å². The van der Waals surface area contributed by atoms with Gasteiger partial charge in [-0.2, -0.15) is 0 Å². The molecule has 2 rings (SSSR count). The largest absolute Gasteiger partial charge is 0.480 e. The van der Waals surface area contributed by atoms with Gasteiger partial charge in [0.15, 0.2) is 0 Å².